The van der Waals surface area contributed by atoms with Crippen molar-refractivity contribution in [2.24, 2.45) is 5.92 Å². The molecule has 0 saturated carbocycles. The van der Waals surface area contributed by atoms with Gasteiger partial charge in [0, 0.05) is 30.9 Å². The summed E-state index contributed by atoms with van der Waals surface area (Å²) in [5.74, 6) is 0.0801. The second-order valence-electron chi connectivity index (χ2n) is 8.47. The Hall–Kier alpha value is -2.31. The molecule has 1 N–H and O–H groups in total. The topological polar surface area (TPSA) is 48.5 Å². The van der Waals surface area contributed by atoms with E-state index in [1.54, 1.807) is 12.3 Å². The molecule has 3 heterocycles. The highest BCUT2D eigenvalue weighted by Crippen LogP contribution is 2.25. The molecule has 2 aliphatic rings. The molecule has 160 valence electrons. The first-order valence-corrected chi connectivity index (χ1v) is 11.1. The lowest BCUT2D eigenvalue weighted by Gasteiger charge is -2.42. The summed E-state index contributed by atoms with van der Waals surface area (Å²) >= 11 is 0. The number of hydrogen-bond donors (Lipinski definition) is 1. The van der Waals surface area contributed by atoms with E-state index in [0.29, 0.717) is 19.1 Å². The molecule has 5 nitrogen and oxygen atoms in total. The number of benzene rings is 1. The van der Waals surface area contributed by atoms with E-state index >= 15 is 0 Å². The second-order valence-corrected chi connectivity index (χ2v) is 8.47. The summed E-state index contributed by atoms with van der Waals surface area (Å²) < 4.78 is 13.9. The van der Waals surface area contributed by atoms with Crippen LogP contribution in [0.3, 0.4) is 0 Å². The van der Waals surface area contributed by atoms with Gasteiger partial charge in [0.1, 0.15) is 5.82 Å². The quantitative estimate of drug-likeness (QED) is 0.795. The minimum absolute atomic E-state index is 0.0545. The molecule has 4 rings (SSSR count). The maximum absolute atomic E-state index is 13.9. The third-order valence-corrected chi connectivity index (χ3v) is 6.42. The molecule has 0 aliphatic carbocycles. The van der Waals surface area contributed by atoms with Crippen molar-refractivity contribution in [3.63, 3.8) is 0 Å². The lowest BCUT2D eigenvalue weighted by molar-refractivity contribution is -0.127. The lowest BCUT2D eigenvalue weighted by atomic mass is 9.93. The Balaban J connectivity index is 1.24. The summed E-state index contributed by atoms with van der Waals surface area (Å²) in [6.07, 6.45) is 5.93. The van der Waals surface area contributed by atoms with Crippen molar-refractivity contribution in [2.75, 3.05) is 26.2 Å². The minimum Gasteiger partial charge on any atom is -0.350 e. The van der Waals surface area contributed by atoms with Gasteiger partial charge in [0.2, 0.25) is 5.91 Å². The standard InChI is InChI=1S/C24H31FN4O/c25-23-9-2-1-6-19(23)17-28-14-10-22(11-15-28)29-13-5-7-20(18-29)24(30)27-16-21-8-3-4-12-26-21/h1-4,6,8-9,12,20,22H,5,7,10-11,13-18H2,(H,27,30)/t20-/m1/s1. The smallest absolute Gasteiger partial charge is 0.224 e. The molecule has 1 amide bonds. The van der Waals surface area contributed by atoms with Crippen molar-refractivity contribution in [3.8, 4) is 0 Å². The van der Waals surface area contributed by atoms with E-state index in [-0.39, 0.29) is 17.6 Å². The SMILES string of the molecule is O=C(NCc1ccccn1)[C@@H]1CCCN(C2CCN(Cc3ccccc3F)CC2)C1. The minimum atomic E-state index is -0.116. The van der Waals surface area contributed by atoms with Crippen LogP contribution >= 0.6 is 0 Å². The normalized spacial score (nSPS) is 21.4. The Kier molecular flexibility index (Phi) is 7.07. The van der Waals surface area contributed by atoms with Crippen molar-refractivity contribution in [1.29, 1.82) is 0 Å². The molecule has 0 radical (unpaired) electrons. The van der Waals surface area contributed by atoms with Gasteiger partial charge in [-0.1, -0.05) is 24.3 Å². The largest absolute Gasteiger partial charge is 0.350 e. The van der Waals surface area contributed by atoms with E-state index in [9.17, 15) is 9.18 Å². The summed E-state index contributed by atoms with van der Waals surface area (Å²) in [4.78, 5) is 21.8. The first kappa shape index (κ1) is 20.9. The maximum Gasteiger partial charge on any atom is 0.224 e. The number of hydrogen-bond acceptors (Lipinski definition) is 4. The van der Waals surface area contributed by atoms with E-state index in [4.69, 9.17) is 0 Å². The van der Waals surface area contributed by atoms with Crippen LogP contribution in [0, 0.1) is 11.7 Å². The number of amides is 1. The van der Waals surface area contributed by atoms with Gasteiger partial charge in [0.15, 0.2) is 0 Å². The molecule has 1 aromatic heterocycles. The molecule has 2 fully saturated rings. The first-order chi connectivity index (χ1) is 14.7. The van der Waals surface area contributed by atoms with E-state index in [0.717, 1.165) is 63.1 Å². The molecular formula is C24H31FN4O. The fraction of sp³-hybridized carbons (Fsp3) is 0.500. The zero-order valence-electron chi connectivity index (χ0n) is 17.5. The Morgan fingerprint density at radius 3 is 2.63 bits per heavy atom. The number of aromatic nitrogens is 1. The number of pyridine rings is 1. The Morgan fingerprint density at radius 1 is 1.07 bits per heavy atom. The van der Waals surface area contributed by atoms with Gasteiger partial charge >= 0.3 is 0 Å². The second kappa shape index (κ2) is 10.1. The zero-order valence-corrected chi connectivity index (χ0v) is 17.5. The van der Waals surface area contributed by atoms with Crippen LogP contribution in [0.4, 0.5) is 4.39 Å². The molecule has 30 heavy (non-hydrogen) atoms. The molecule has 0 bridgehead atoms. The fourth-order valence-electron chi connectivity index (χ4n) is 4.69. The molecule has 2 aromatic rings. The van der Waals surface area contributed by atoms with E-state index in [1.807, 2.05) is 30.3 Å². The van der Waals surface area contributed by atoms with E-state index in [2.05, 4.69) is 20.1 Å². The van der Waals surface area contributed by atoms with Gasteiger partial charge in [0.25, 0.3) is 0 Å². The van der Waals surface area contributed by atoms with Crippen LogP contribution in [0.2, 0.25) is 0 Å². The number of carbonyl (C=O) groups excluding carboxylic acids is 1. The number of nitrogens with one attached hydrogen (secondary N) is 1. The number of rotatable bonds is 6. The van der Waals surface area contributed by atoms with Gasteiger partial charge in [-0.05, 0) is 63.5 Å². The van der Waals surface area contributed by atoms with Crippen molar-refractivity contribution in [1.82, 2.24) is 20.1 Å². The third-order valence-electron chi connectivity index (χ3n) is 6.42. The molecule has 2 saturated heterocycles. The molecule has 1 aromatic carbocycles. The number of halogens is 1. The Labute approximate surface area is 178 Å². The highest BCUT2D eigenvalue weighted by molar-refractivity contribution is 5.78. The molecule has 0 spiro atoms. The number of piperidine rings is 2. The van der Waals surface area contributed by atoms with Crippen molar-refractivity contribution < 1.29 is 9.18 Å². The van der Waals surface area contributed by atoms with Crippen LogP contribution in [-0.2, 0) is 17.9 Å². The summed E-state index contributed by atoms with van der Waals surface area (Å²) in [6, 6.07) is 13.3. The zero-order chi connectivity index (χ0) is 20.8. The monoisotopic (exact) mass is 410 g/mol. The molecule has 0 unspecified atom stereocenters. The highest BCUT2D eigenvalue weighted by Gasteiger charge is 2.31. The fourth-order valence-corrected chi connectivity index (χ4v) is 4.69. The predicted octanol–water partition coefficient (Wildman–Crippen LogP) is 3.21. The Morgan fingerprint density at radius 2 is 1.87 bits per heavy atom. The summed E-state index contributed by atoms with van der Waals surface area (Å²) in [5.41, 5.74) is 1.67. The van der Waals surface area contributed by atoms with Gasteiger partial charge in [-0.2, -0.15) is 0 Å². The summed E-state index contributed by atoms with van der Waals surface area (Å²) in [6.45, 7) is 5.04. The van der Waals surface area contributed by atoms with Crippen LogP contribution in [0.5, 0.6) is 0 Å². The number of likely N-dealkylation sites (tertiary alicyclic amines) is 2. The molecule has 2 aliphatic heterocycles. The summed E-state index contributed by atoms with van der Waals surface area (Å²) in [5, 5.41) is 3.06. The van der Waals surface area contributed by atoms with Crippen LogP contribution < -0.4 is 5.32 Å². The highest BCUT2D eigenvalue weighted by atomic mass is 19.1. The van der Waals surface area contributed by atoms with Crippen molar-refractivity contribution in [2.45, 2.75) is 44.8 Å². The summed E-state index contributed by atoms with van der Waals surface area (Å²) in [7, 11) is 0. The van der Waals surface area contributed by atoms with E-state index < -0.39 is 0 Å². The molecule has 1 atom stereocenters. The van der Waals surface area contributed by atoms with Gasteiger partial charge in [-0.25, -0.2) is 4.39 Å². The van der Waals surface area contributed by atoms with Crippen LogP contribution in [0.25, 0.3) is 0 Å². The third kappa shape index (κ3) is 5.43. The van der Waals surface area contributed by atoms with Gasteiger partial charge < -0.3 is 5.32 Å². The average Bonchev–Trinajstić information content (AvgIpc) is 2.80. The first-order valence-electron chi connectivity index (χ1n) is 11.1. The average molecular weight is 411 g/mol. The number of carbonyl (C=O) groups is 1. The van der Waals surface area contributed by atoms with Gasteiger partial charge in [-0.15, -0.1) is 0 Å². The van der Waals surface area contributed by atoms with Crippen LogP contribution in [0.1, 0.15) is 36.9 Å². The predicted molar refractivity (Wildman–Crippen MR) is 115 cm³/mol. The van der Waals surface area contributed by atoms with Gasteiger partial charge in [-0.3, -0.25) is 19.6 Å². The Bertz CT molecular complexity index is 823. The number of nitrogens with zero attached hydrogens (tertiary/aromatic N) is 3. The van der Waals surface area contributed by atoms with Crippen LogP contribution in [0.15, 0.2) is 48.7 Å². The lowest BCUT2D eigenvalue weighted by Crippen LogP contribution is -2.50. The molecule has 6 heteroatoms. The van der Waals surface area contributed by atoms with E-state index in [1.165, 1.54) is 6.07 Å². The maximum atomic E-state index is 13.9. The van der Waals surface area contributed by atoms with Crippen molar-refractivity contribution >= 4 is 5.91 Å². The van der Waals surface area contributed by atoms with Crippen LogP contribution in [-0.4, -0.2) is 52.9 Å². The van der Waals surface area contributed by atoms with Crippen molar-refractivity contribution in [3.05, 3.63) is 65.7 Å². The van der Waals surface area contributed by atoms with Gasteiger partial charge in [0.05, 0.1) is 18.2 Å². The molecular weight excluding hydrogens is 379 g/mol.